The number of halogens is 1. The number of ether oxygens (including phenoxy) is 2. The van der Waals surface area contributed by atoms with Crippen molar-refractivity contribution in [3.63, 3.8) is 0 Å². The zero-order chi connectivity index (χ0) is 25.3. The number of carbonyl (C=O) groups excluding carboxylic acids is 2. The highest BCUT2D eigenvalue weighted by Crippen LogP contribution is 2.33. The van der Waals surface area contributed by atoms with E-state index in [2.05, 4.69) is 25.0 Å². The van der Waals surface area contributed by atoms with Crippen molar-refractivity contribution in [3.05, 3.63) is 58.9 Å². The summed E-state index contributed by atoms with van der Waals surface area (Å²) in [5, 5.41) is 3.53. The first kappa shape index (κ1) is 25.9. The van der Waals surface area contributed by atoms with Gasteiger partial charge in [-0.1, -0.05) is 43.9 Å². The van der Waals surface area contributed by atoms with E-state index in [1.165, 1.54) is 11.0 Å². The van der Waals surface area contributed by atoms with Gasteiger partial charge in [0.15, 0.2) is 0 Å². The SMILES string of the molecule is COCc1ccc2c(c1)CCN(C(=O)OC(C)(C)C)C2C(=O)Nc1ccc([Si](C)(C)C)c(F)c1. The molecular weight excluding hydrogens is 451 g/mol. The summed E-state index contributed by atoms with van der Waals surface area (Å²) in [6.45, 7) is 12.4. The van der Waals surface area contributed by atoms with Crippen LogP contribution in [0.5, 0.6) is 0 Å². The van der Waals surface area contributed by atoms with Crippen LogP contribution in [0, 0.1) is 5.82 Å². The van der Waals surface area contributed by atoms with Crippen LogP contribution in [0.4, 0.5) is 14.9 Å². The highest BCUT2D eigenvalue weighted by Gasteiger charge is 2.38. The van der Waals surface area contributed by atoms with Gasteiger partial charge in [-0.3, -0.25) is 9.69 Å². The maximum atomic E-state index is 14.8. The second-order valence-electron chi connectivity index (χ2n) is 10.7. The van der Waals surface area contributed by atoms with Crippen molar-refractivity contribution in [1.29, 1.82) is 0 Å². The van der Waals surface area contributed by atoms with E-state index < -0.39 is 31.7 Å². The fraction of sp³-hybridized carbons (Fsp3) is 0.462. The zero-order valence-electron chi connectivity index (χ0n) is 21.1. The van der Waals surface area contributed by atoms with Crippen molar-refractivity contribution in [2.24, 2.45) is 0 Å². The Morgan fingerprint density at radius 3 is 2.44 bits per heavy atom. The zero-order valence-corrected chi connectivity index (χ0v) is 22.1. The summed E-state index contributed by atoms with van der Waals surface area (Å²) in [6, 6.07) is 9.69. The second-order valence-corrected chi connectivity index (χ2v) is 15.8. The largest absolute Gasteiger partial charge is 0.444 e. The number of hydrogen-bond acceptors (Lipinski definition) is 4. The molecule has 0 aromatic heterocycles. The highest BCUT2D eigenvalue weighted by atomic mass is 28.3. The van der Waals surface area contributed by atoms with Gasteiger partial charge in [0.25, 0.3) is 5.91 Å². The Labute approximate surface area is 202 Å². The van der Waals surface area contributed by atoms with Crippen molar-refractivity contribution in [2.75, 3.05) is 19.0 Å². The minimum atomic E-state index is -1.85. The molecule has 1 atom stereocenters. The summed E-state index contributed by atoms with van der Waals surface area (Å²) < 4.78 is 25.6. The van der Waals surface area contributed by atoms with Crippen molar-refractivity contribution < 1.29 is 23.5 Å². The lowest BCUT2D eigenvalue weighted by Gasteiger charge is -2.37. The van der Waals surface area contributed by atoms with Gasteiger partial charge in [0.05, 0.1) is 14.7 Å². The van der Waals surface area contributed by atoms with Crippen LogP contribution in [0.15, 0.2) is 36.4 Å². The first-order chi connectivity index (χ1) is 15.8. The Morgan fingerprint density at radius 1 is 1.15 bits per heavy atom. The quantitative estimate of drug-likeness (QED) is 0.605. The van der Waals surface area contributed by atoms with Crippen LogP contribution in [0.2, 0.25) is 19.6 Å². The van der Waals surface area contributed by atoms with E-state index in [1.54, 1.807) is 40.0 Å². The molecule has 2 aromatic rings. The van der Waals surface area contributed by atoms with Gasteiger partial charge < -0.3 is 14.8 Å². The van der Waals surface area contributed by atoms with Gasteiger partial charge in [0.2, 0.25) is 0 Å². The Morgan fingerprint density at radius 2 is 1.85 bits per heavy atom. The Balaban J connectivity index is 1.95. The molecule has 6 nitrogen and oxygen atoms in total. The van der Waals surface area contributed by atoms with Gasteiger partial charge in [0.1, 0.15) is 17.5 Å². The van der Waals surface area contributed by atoms with E-state index in [9.17, 15) is 14.0 Å². The number of benzene rings is 2. The molecule has 0 radical (unpaired) electrons. The summed E-state index contributed by atoms with van der Waals surface area (Å²) in [7, 11) is -0.217. The number of carbonyl (C=O) groups is 2. The van der Waals surface area contributed by atoms with Crippen LogP contribution in [0.3, 0.4) is 0 Å². The maximum Gasteiger partial charge on any atom is 0.411 e. The van der Waals surface area contributed by atoms with Crippen LogP contribution in [-0.4, -0.2) is 44.2 Å². The number of hydrogen-bond donors (Lipinski definition) is 1. The molecule has 0 spiro atoms. The second kappa shape index (κ2) is 9.88. The molecule has 34 heavy (non-hydrogen) atoms. The van der Waals surface area contributed by atoms with Crippen LogP contribution in [0.1, 0.15) is 43.5 Å². The lowest BCUT2D eigenvalue weighted by Crippen LogP contribution is -2.47. The molecule has 0 saturated carbocycles. The number of anilines is 1. The summed E-state index contributed by atoms with van der Waals surface area (Å²) in [5.41, 5.74) is 2.37. The number of nitrogens with zero attached hydrogens (tertiary/aromatic N) is 1. The Bertz CT molecular complexity index is 1080. The molecular formula is C26H35FN2O4Si. The smallest absolute Gasteiger partial charge is 0.411 e. The van der Waals surface area contributed by atoms with E-state index in [1.807, 2.05) is 18.2 Å². The molecule has 3 rings (SSSR count). The summed E-state index contributed by atoms with van der Waals surface area (Å²) in [5.74, 6) is -0.735. The molecule has 1 unspecified atom stereocenters. The van der Waals surface area contributed by atoms with Gasteiger partial charge >= 0.3 is 6.09 Å². The first-order valence-electron chi connectivity index (χ1n) is 11.5. The van der Waals surface area contributed by atoms with E-state index in [-0.39, 0.29) is 5.82 Å². The van der Waals surface area contributed by atoms with Gasteiger partial charge in [0, 0.05) is 19.3 Å². The minimum Gasteiger partial charge on any atom is -0.444 e. The average Bonchev–Trinajstić information content (AvgIpc) is 2.70. The van der Waals surface area contributed by atoms with Crippen LogP contribution in [-0.2, 0) is 27.3 Å². The monoisotopic (exact) mass is 486 g/mol. The number of amides is 2. The molecule has 0 bridgehead atoms. The Kier molecular flexibility index (Phi) is 7.52. The topological polar surface area (TPSA) is 67.9 Å². The lowest BCUT2D eigenvalue weighted by molar-refractivity contribution is -0.121. The van der Waals surface area contributed by atoms with E-state index in [0.717, 1.165) is 16.7 Å². The average molecular weight is 487 g/mol. The van der Waals surface area contributed by atoms with E-state index in [0.29, 0.717) is 30.4 Å². The molecule has 2 amide bonds. The predicted octanol–water partition coefficient (Wildman–Crippen LogP) is 4.99. The summed E-state index contributed by atoms with van der Waals surface area (Å²) in [4.78, 5) is 28.0. The fourth-order valence-corrected chi connectivity index (χ4v) is 5.52. The normalized spacial score (nSPS) is 16.1. The molecule has 184 valence electrons. The number of fused-ring (bicyclic) bond motifs is 1. The summed E-state index contributed by atoms with van der Waals surface area (Å²) >= 11 is 0. The van der Waals surface area contributed by atoms with E-state index >= 15 is 0 Å². The van der Waals surface area contributed by atoms with Crippen molar-refractivity contribution in [3.8, 4) is 0 Å². The van der Waals surface area contributed by atoms with Crippen LogP contribution in [0.25, 0.3) is 0 Å². The van der Waals surface area contributed by atoms with Crippen LogP contribution < -0.4 is 10.5 Å². The van der Waals surface area contributed by atoms with Gasteiger partial charge in [-0.05, 0) is 61.2 Å². The number of rotatable bonds is 5. The molecule has 1 aliphatic heterocycles. The van der Waals surface area contributed by atoms with Crippen molar-refractivity contribution in [1.82, 2.24) is 4.90 Å². The standard InChI is InChI=1S/C26H35FN2O4Si/c1-26(2,3)33-25(31)29-13-12-18-14-17(16-32-4)8-10-20(18)23(29)24(30)28-19-9-11-22(21(27)15-19)34(5,6)7/h8-11,14-15,23H,12-13,16H2,1-7H3,(H,28,30). The van der Waals surface area contributed by atoms with Gasteiger partial charge in [-0.25, -0.2) is 9.18 Å². The third-order valence-electron chi connectivity index (χ3n) is 5.67. The lowest BCUT2D eigenvalue weighted by atomic mass is 9.90. The van der Waals surface area contributed by atoms with E-state index in [4.69, 9.17) is 9.47 Å². The first-order valence-corrected chi connectivity index (χ1v) is 15.0. The predicted molar refractivity (Wildman–Crippen MR) is 135 cm³/mol. The molecule has 8 heteroatoms. The molecule has 1 aliphatic rings. The third kappa shape index (κ3) is 6.04. The van der Waals surface area contributed by atoms with Crippen LogP contribution >= 0.6 is 0 Å². The maximum absolute atomic E-state index is 14.8. The fourth-order valence-electron chi connectivity index (χ4n) is 4.15. The van der Waals surface area contributed by atoms with Gasteiger partial charge in [-0.15, -0.1) is 0 Å². The van der Waals surface area contributed by atoms with Gasteiger partial charge in [-0.2, -0.15) is 0 Å². The highest BCUT2D eigenvalue weighted by molar-refractivity contribution is 6.88. The molecule has 0 aliphatic carbocycles. The molecule has 2 aromatic carbocycles. The third-order valence-corrected chi connectivity index (χ3v) is 7.69. The number of methoxy groups -OCH3 is 1. The molecule has 1 heterocycles. The number of nitrogens with one attached hydrogen (secondary N) is 1. The summed E-state index contributed by atoms with van der Waals surface area (Å²) in [6.07, 6.45) is 0.0367. The van der Waals surface area contributed by atoms with Crippen molar-refractivity contribution in [2.45, 2.75) is 65.1 Å². The van der Waals surface area contributed by atoms with Crippen molar-refractivity contribution >= 4 is 30.9 Å². The minimum absolute atomic E-state index is 0.325. The molecule has 0 fully saturated rings. The Hall–Kier alpha value is -2.71. The molecule has 1 N–H and O–H groups in total. The molecule has 0 saturated heterocycles.